The molecule has 20 heavy (non-hydrogen) atoms. The quantitative estimate of drug-likeness (QED) is 0.228. The molecule has 0 atom stereocenters. The third-order valence-electron chi connectivity index (χ3n) is 3.56. The molecule has 0 bridgehead atoms. The molecular weight excluding hydrogens is 248 g/mol. The first kappa shape index (κ1) is 19.2. The lowest BCUT2D eigenvalue weighted by Crippen LogP contribution is -2.07. The molecule has 0 fully saturated rings. The van der Waals surface area contributed by atoms with Crippen molar-refractivity contribution >= 4 is 5.97 Å². The fourth-order valence-corrected chi connectivity index (χ4v) is 2.22. The highest BCUT2D eigenvalue weighted by atomic mass is 16.5. The Bertz CT molecular complexity index is 246. The van der Waals surface area contributed by atoms with E-state index in [1.165, 1.54) is 57.8 Å². The van der Waals surface area contributed by atoms with Crippen molar-refractivity contribution in [1.82, 2.24) is 0 Å². The summed E-state index contributed by atoms with van der Waals surface area (Å²) in [6, 6.07) is 0. The van der Waals surface area contributed by atoms with E-state index in [0.29, 0.717) is 12.2 Å². The van der Waals surface area contributed by atoms with Gasteiger partial charge in [0.2, 0.25) is 0 Å². The highest BCUT2D eigenvalue weighted by Crippen LogP contribution is 2.13. The van der Waals surface area contributed by atoms with Crippen LogP contribution in [-0.2, 0) is 9.53 Å². The van der Waals surface area contributed by atoms with Gasteiger partial charge in [0.25, 0.3) is 0 Å². The molecule has 0 aliphatic rings. The lowest BCUT2D eigenvalue weighted by Gasteiger charge is -2.06. The van der Waals surface area contributed by atoms with Crippen LogP contribution in [0.5, 0.6) is 0 Å². The van der Waals surface area contributed by atoms with Crippen molar-refractivity contribution in [2.45, 2.75) is 90.9 Å². The first-order valence-corrected chi connectivity index (χ1v) is 8.57. The molecule has 118 valence electrons. The van der Waals surface area contributed by atoms with Gasteiger partial charge in [-0.1, -0.05) is 78.2 Å². The van der Waals surface area contributed by atoms with Crippen molar-refractivity contribution in [1.29, 1.82) is 0 Å². The summed E-state index contributed by atoms with van der Waals surface area (Å²) in [6.07, 6.45) is 14.8. The van der Waals surface area contributed by atoms with Crippen LogP contribution < -0.4 is 0 Å². The number of hydrogen-bond acceptors (Lipinski definition) is 2. The smallest absolute Gasteiger partial charge is 0.333 e. The Morgan fingerprint density at radius 2 is 1.30 bits per heavy atom. The molecule has 0 amide bonds. The highest BCUT2D eigenvalue weighted by Gasteiger charge is 2.07. The van der Waals surface area contributed by atoms with Gasteiger partial charge in [-0.25, -0.2) is 4.79 Å². The maximum atomic E-state index is 11.5. The molecule has 0 unspecified atom stereocenters. The molecule has 0 N–H and O–H groups in total. The average molecular weight is 282 g/mol. The lowest BCUT2D eigenvalue weighted by atomic mass is 10.0. The molecule has 0 saturated carbocycles. The zero-order valence-corrected chi connectivity index (χ0v) is 13.7. The molecule has 2 heteroatoms. The van der Waals surface area contributed by atoms with Gasteiger partial charge in [-0.3, -0.25) is 0 Å². The van der Waals surface area contributed by atoms with Crippen molar-refractivity contribution in [3.8, 4) is 0 Å². The third kappa shape index (κ3) is 12.3. The summed E-state index contributed by atoms with van der Waals surface area (Å²) in [7, 11) is 0. The van der Waals surface area contributed by atoms with Crippen molar-refractivity contribution in [3.05, 3.63) is 12.2 Å². The van der Waals surface area contributed by atoms with Crippen LogP contribution in [0.15, 0.2) is 12.2 Å². The summed E-state index contributed by atoms with van der Waals surface area (Å²) < 4.78 is 5.06. The molecule has 0 aromatic carbocycles. The standard InChI is InChI=1S/C18H34O2/c1-4-6-7-8-9-10-11-12-13-14-15-17(3)18(19)20-16-5-2/h3-16H2,1-2H3. The SMILES string of the molecule is C=C(CCCCCCCCCCCC)C(=O)OCCC. The van der Waals surface area contributed by atoms with Gasteiger partial charge >= 0.3 is 5.97 Å². The van der Waals surface area contributed by atoms with Crippen LogP contribution in [0.2, 0.25) is 0 Å². The average Bonchev–Trinajstić information content (AvgIpc) is 2.46. The second-order valence-corrected chi connectivity index (χ2v) is 5.67. The Balaban J connectivity index is 3.27. The monoisotopic (exact) mass is 282 g/mol. The number of esters is 1. The van der Waals surface area contributed by atoms with E-state index in [-0.39, 0.29) is 5.97 Å². The summed E-state index contributed by atoms with van der Waals surface area (Å²) in [5.74, 6) is -0.206. The number of unbranched alkanes of at least 4 members (excludes halogenated alkanes) is 9. The van der Waals surface area contributed by atoms with Gasteiger partial charge in [0.1, 0.15) is 0 Å². The van der Waals surface area contributed by atoms with Gasteiger partial charge in [-0.2, -0.15) is 0 Å². The van der Waals surface area contributed by atoms with Crippen molar-refractivity contribution in [3.63, 3.8) is 0 Å². The van der Waals surface area contributed by atoms with Crippen LogP contribution in [0.1, 0.15) is 90.9 Å². The van der Waals surface area contributed by atoms with E-state index in [2.05, 4.69) is 13.5 Å². The Morgan fingerprint density at radius 3 is 1.80 bits per heavy atom. The number of carbonyl (C=O) groups is 1. The normalized spacial score (nSPS) is 10.5. The molecule has 0 heterocycles. The van der Waals surface area contributed by atoms with Crippen molar-refractivity contribution < 1.29 is 9.53 Å². The van der Waals surface area contributed by atoms with Gasteiger partial charge in [-0.15, -0.1) is 0 Å². The number of carbonyl (C=O) groups excluding carboxylic acids is 1. The fraction of sp³-hybridized carbons (Fsp3) is 0.833. The second kappa shape index (κ2) is 14.6. The minimum Gasteiger partial charge on any atom is -0.462 e. The third-order valence-corrected chi connectivity index (χ3v) is 3.56. The van der Waals surface area contributed by atoms with E-state index in [1.54, 1.807) is 0 Å². The van der Waals surface area contributed by atoms with E-state index in [1.807, 2.05) is 6.92 Å². The predicted molar refractivity (Wildman–Crippen MR) is 86.9 cm³/mol. The van der Waals surface area contributed by atoms with Crippen LogP contribution in [0.3, 0.4) is 0 Å². The Hall–Kier alpha value is -0.790. The first-order chi connectivity index (χ1) is 9.72. The number of hydrogen-bond donors (Lipinski definition) is 0. The first-order valence-electron chi connectivity index (χ1n) is 8.57. The van der Waals surface area contributed by atoms with Crippen LogP contribution in [0, 0.1) is 0 Å². The topological polar surface area (TPSA) is 26.3 Å². The van der Waals surface area contributed by atoms with Gasteiger partial charge in [-0.05, 0) is 19.3 Å². The maximum absolute atomic E-state index is 11.5. The molecule has 0 rings (SSSR count). The van der Waals surface area contributed by atoms with Gasteiger partial charge in [0.05, 0.1) is 6.61 Å². The summed E-state index contributed by atoms with van der Waals surface area (Å²) in [5.41, 5.74) is 0.637. The fourth-order valence-electron chi connectivity index (χ4n) is 2.22. The lowest BCUT2D eigenvalue weighted by molar-refractivity contribution is -0.139. The van der Waals surface area contributed by atoms with Crippen LogP contribution in [0.4, 0.5) is 0 Å². The summed E-state index contributed by atoms with van der Waals surface area (Å²) in [5, 5.41) is 0. The van der Waals surface area contributed by atoms with Crippen molar-refractivity contribution in [2.24, 2.45) is 0 Å². The maximum Gasteiger partial charge on any atom is 0.333 e. The molecule has 2 nitrogen and oxygen atoms in total. The molecule has 0 aliphatic carbocycles. The molecule has 0 spiro atoms. The predicted octanol–water partition coefficient (Wildman–Crippen LogP) is 5.81. The Kier molecular flexibility index (Phi) is 14.0. The van der Waals surface area contributed by atoms with Crippen LogP contribution in [0.25, 0.3) is 0 Å². The minimum atomic E-state index is -0.206. The molecule has 0 aromatic rings. The summed E-state index contributed by atoms with van der Waals surface area (Å²) in [4.78, 5) is 11.5. The summed E-state index contributed by atoms with van der Waals surface area (Å²) in [6.45, 7) is 8.57. The molecule has 0 aromatic heterocycles. The highest BCUT2D eigenvalue weighted by molar-refractivity contribution is 5.87. The largest absolute Gasteiger partial charge is 0.462 e. The summed E-state index contributed by atoms with van der Waals surface area (Å²) >= 11 is 0. The van der Waals surface area contributed by atoms with Gasteiger partial charge < -0.3 is 4.74 Å². The molecule has 0 radical (unpaired) electrons. The minimum absolute atomic E-state index is 0.206. The zero-order valence-electron chi connectivity index (χ0n) is 13.7. The van der Waals surface area contributed by atoms with E-state index < -0.39 is 0 Å². The van der Waals surface area contributed by atoms with E-state index >= 15 is 0 Å². The van der Waals surface area contributed by atoms with E-state index in [9.17, 15) is 4.79 Å². The van der Waals surface area contributed by atoms with E-state index in [4.69, 9.17) is 4.74 Å². The number of rotatable bonds is 14. The van der Waals surface area contributed by atoms with Crippen molar-refractivity contribution in [2.75, 3.05) is 6.61 Å². The zero-order chi connectivity index (χ0) is 15.1. The Labute approximate surface area is 126 Å². The number of ether oxygens (including phenoxy) is 1. The van der Waals surface area contributed by atoms with E-state index in [0.717, 1.165) is 19.3 Å². The second-order valence-electron chi connectivity index (χ2n) is 5.67. The van der Waals surface area contributed by atoms with Crippen LogP contribution in [-0.4, -0.2) is 12.6 Å². The Morgan fingerprint density at radius 1 is 0.800 bits per heavy atom. The molecule has 0 saturated heterocycles. The molecule has 0 aliphatic heterocycles. The molecular formula is C18H34O2. The van der Waals surface area contributed by atoms with Gasteiger partial charge in [0, 0.05) is 5.57 Å². The van der Waals surface area contributed by atoms with Crippen LogP contribution >= 0.6 is 0 Å². The van der Waals surface area contributed by atoms with Gasteiger partial charge in [0.15, 0.2) is 0 Å².